The molecule has 1 rings (SSSR count). The molecule has 9 heteroatoms. The van der Waals surface area contributed by atoms with Gasteiger partial charge in [0.2, 0.25) is 0 Å². The Hall–Kier alpha value is -0.530. The summed E-state index contributed by atoms with van der Waals surface area (Å²) in [7, 11) is -3.41. The molecule has 6 nitrogen and oxygen atoms in total. The minimum atomic E-state index is -3.41. The maximum absolute atomic E-state index is 11.1. The van der Waals surface area contributed by atoms with Crippen LogP contribution in [0.4, 0.5) is 9.59 Å². The molecule has 0 aliphatic carbocycles. The van der Waals surface area contributed by atoms with Crippen molar-refractivity contribution in [3.8, 4) is 0 Å². The molecule has 1 aliphatic heterocycles. The van der Waals surface area contributed by atoms with Crippen molar-refractivity contribution in [1.29, 1.82) is 0 Å². The maximum atomic E-state index is 11.1. The monoisotopic (exact) mass is 276 g/mol. The molecule has 0 aromatic heterocycles. The fraction of sp³-hybridized carbons (Fsp3) is 0.667. The van der Waals surface area contributed by atoms with Crippen LogP contribution in [0.15, 0.2) is 0 Å². The third kappa shape index (κ3) is 3.84. The number of hydrogen-bond donors (Lipinski definition) is 0. The van der Waals surface area contributed by atoms with Crippen LogP contribution in [0.1, 0.15) is 0 Å². The average Bonchev–Trinajstić information content (AvgIpc) is 2.22. The summed E-state index contributed by atoms with van der Waals surface area (Å²) in [6.45, 7) is 0. The van der Waals surface area contributed by atoms with Crippen molar-refractivity contribution in [3.05, 3.63) is 0 Å². The Bertz CT molecular complexity index is 347. The summed E-state index contributed by atoms with van der Waals surface area (Å²) in [6, 6.07) is 0. The summed E-state index contributed by atoms with van der Waals surface area (Å²) in [5, 5.41) is 0. The maximum Gasteiger partial charge on any atom is 0.404 e. The molecule has 1 heterocycles. The van der Waals surface area contributed by atoms with Crippen molar-refractivity contribution in [3.63, 3.8) is 0 Å². The highest BCUT2D eigenvalue weighted by Crippen LogP contribution is 2.20. The molecule has 0 amide bonds. The fourth-order valence-electron chi connectivity index (χ4n) is 1.24. The van der Waals surface area contributed by atoms with Gasteiger partial charge in [0.25, 0.3) is 0 Å². The van der Waals surface area contributed by atoms with Gasteiger partial charge in [-0.05, 0) is 0 Å². The SMILES string of the molecule is O=C(Cl)O[C@H]1CS(=O)(=O)C[C@@H]1OC(=O)Cl. The molecule has 0 aromatic carbocycles. The molecular weight excluding hydrogens is 271 g/mol. The number of ether oxygens (including phenoxy) is 2. The Morgan fingerprint density at radius 2 is 1.33 bits per heavy atom. The van der Waals surface area contributed by atoms with Gasteiger partial charge in [-0.25, -0.2) is 18.0 Å². The lowest BCUT2D eigenvalue weighted by molar-refractivity contribution is 0.0365. The van der Waals surface area contributed by atoms with E-state index in [9.17, 15) is 18.0 Å². The average molecular weight is 277 g/mol. The van der Waals surface area contributed by atoms with E-state index in [4.69, 9.17) is 23.2 Å². The van der Waals surface area contributed by atoms with E-state index in [0.29, 0.717) is 0 Å². The smallest absolute Gasteiger partial charge is 0.404 e. The lowest BCUT2D eigenvalue weighted by Gasteiger charge is -2.15. The Morgan fingerprint density at radius 1 is 1.00 bits per heavy atom. The van der Waals surface area contributed by atoms with Gasteiger partial charge in [-0.1, -0.05) is 0 Å². The molecule has 1 aliphatic rings. The number of hydrogen-bond acceptors (Lipinski definition) is 6. The Kier molecular flexibility index (Phi) is 3.80. The summed E-state index contributed by atoms with van der Waals surface area (Å²) in [6.07, 6.45) is -2.19. The van der Waals surface area contributed by atoms with Gasteiger partial charge in [0.05, 0.1) is 11.5 Å². The van der Waals surface area contributed by atoms with Gasteiger partial charge in [-0.3, -0.25) is 0 Å². The zero-order valence-corrected chi connectivity index (χ0v) is 9.51. The first-order valence-corrected chi connectivity index (χ1v) is 6.30. The summed E-state index contributed by atoms with van der Waals surface area (Å²) >= 11 is 9.85. The first-order chi connectivity index (χ1) is 6.80. The van der Waals surface area contributed by atoms with Crippen LogP contribution in [-0.2, 0) is 19.3 Å². The van der Waals surface area contributed by atoms with E-state index >= 15 is 0 Å². The van der Waals surface area contributed by atoms with Gasteiger partial charge in [-0.2, -0.15) is 0 Å². The highest BCUT2D eigenvalue weighted by atomic mass is 35.5. The van der Waals surface area contributed by atoms with Crippen molar-refractivity contribution < 1.29 is 27.5 Å². The van der Waals surface area contributed by atoms with Crippen molar-refractivity contribution in [2.24, 2.45) is 0 Å². The van der Waals surface area contributed by atoms with Crippen molar-refractivity contribution >= 4 is 43.9 Å². The van der Waals surface area contributed by atoms with E-state index in [-0.39, 0.29) is 0 Å². The molecule has 0 unspecified atom stereocenters. The predicted octanol–water partition coefficient (Wildman–Crippen LogP) is 0.903. The van der Waals surface area contributed by atoms with Crippen molar-refractivity contribution in [1.82, 2.24) is 0 Å². The van der Waals surface area contributed by atoms with Gasteiger partial charge < -0.3 is 9.47 Å². The molecule has 0 radical (unpaired) electrons. The van der Waals surface area contributed by atoms with E-state index in [1.807, 2.05) is 0 Å². The second kappa shape index (κ2) is 4.54. The summed E-state index contributed by atoms with van der Waals surface area (Å²) in [5.74, 6) is -0.861. The fourth-order valence-corrected chi connectivity index (χ4v) is 3.17. The molecule has 0 saturated carbocycles. The number of halogens is 2. The Balaban J connectivity index is 2.74. The van der Waals surface area contributed by atoms with Crippen LogP contribution in [0.2, 0.25) is 0 Å². The zero-order valence-electron chi connectivity index (χ0n) is 7.18. The van der Waals surface area contributed by atoms with E-state index in [2.05, 4.69) is 9.47 Å². The minimum Gasteiger partial charge on any atom is -0.445 e. The molecule has 15 heavy (non-hydrogen) atoms. The van der Waals surface area contributed by atoms with Crippen LogP contribution >= 0.6 is 23.2 Å². The molecule has 0 aromatic rings. The molecule has 1 saturated heterocycles. The Labute approximate surface area is 95.3 Å². The van der Waals surface area contributed by atoms with E-state index in [1.54, 1.807) is 0 Å². The first kappa shape index (κ1) is 12.5. The van der Waals surface area contributed by atoms with Crippen LogP contribution < -0.4 is 0 Å². The normalized spacial score (nSPS) is 28.4. The van der Waals surface area contributed by atoms with Crippen molar-refractivity contribution in [2.75, 3.05) is 11.5 Å². The molecule has 0 spiro atoms. The minimum absolute atomic E-state index is 0.430. The number of carbonyl (C=O) groups is 2. The standard InChI is InChI=1S/C6H6Cl2O6S/c7-5(9)13-3-1-15(11,12)2-4(3)14-6(8)10/h3-4H,1-2H2/t3-,4-/m0/s1. The third-order valence-corrected chi connectivity index (χ3v) is 3.59. The number of rotatable bonds is 2. The van der Waals surface area contributed by atoms with Gasteiger partial charge >= 0.3 is 10.9 Å². The largest absolute Gasteiger partial charge is 0.445 e. The zero-order chi connectivity index (χ0) is 11.6. The number of sulfone groups is 1. The van der Waals surface area contributed by atoms with Crippen LogP contribution in [-0.4, -0.2) is 43.0 Å². The highest BCUT2D eigenvalue weighted by molar-refractivity contribution is 7.91. The first-order valence-electron chi connectivity index (χ1n) is 3.73. The molecule has 1 fully saturated rings. The molecule has 0 bridgehead atoms. The van der Waals surface area contributed by atoms with Gasteiger partial charge in [0, 0.05) is 23.2 Å². The van der Waals surface area contributed by atoms with Crippen LogP contribution in [0.25, 0.3) is 0 Å². The summed E-state index contributed by atoms with van der Waals surface area (Å²) < 4.78 is 31.2. The quantitative estimate of drug-likeness (QED) is 0.697. The van der Waals surface area contributed by atoms with Gasteiger partial charge in [0.1, 0.15) is 0 Å². The van der Waals surface area contributed by atoms with Crippen molar-refractivity contribution in [2.45, 2.75) is 12.2 Å². The van der Waals surface area contributed by atoms with Gasteiger partial charge in [-0.15, -0.1) is 0 Å². The summed E-state index contributed by atoms with van der Waals surface area (Å²) in [5.41, 5.74) is -2.32. The Morgan fingerprint density at radius 3 is 1.60 bits per heavy atom. The van der Waals surface area contributed by atoms with E-state index < -0.39 is 44.4 Å². The molecule has 0 N–H and O–H groups in total. The molecule has 86 valence electrons. The van der Waals surface area contributed by atoms with Crippen LogP contribution in [0.5, 0.6) is 0 Å². The van der Waals surface area contributed by atoms with E-state index in [1.165, 1.54) is 0 Å². The third-order valence-electron chi connectivity index (χ3n) is 1.74. The van der Waals surface area contributed by atoms with Gasteiger partial charge in [0.15, 0.2) is 22.0 Å². The lowest BCUT2D eigenvalue weighted by Crippen LogP contribution is -2.31. The highest BCUT2D eigenvalue weighted by Gasteiger charge is 2.42. The molecular formula is C6H6Cl2O6S. The summed E-state index contributed by atoms with van der Waals surface area (Å²) in [4.78, 5) is 20.8. The molecule has 2 atom stereocenters. The predicted molar refractivity (Wildman–Crippen MR) is 50.9 cm³/mol. The van der Waals surface area contributed by atoms with Crippen LogP contribution in [0, 0.1) is 0 Å². The second-order valence-electron chi connectivity index (χ2n) is 2.86. The topological polar surface area (TPSA) is 86.7 Å². The lowest BCUT2D eigenvalue weighted by atomic mass is 10.2. The number of carbonyl (C=O) groups excluding carboxylic acids is 2. The second-order valence-corrected chi connectivity index (χ2v) is 5.64. The van der Waals surface area contributed by atoms with Crippen LogP contribution in [0.3, 0.4) is 0 Å². The van der Waals surface area contributed by atoms with E-state index in [0.717, 1.165) is 0 Å².